The Balaban J connectivity index is 2.22. The van der Waals surface area contributed by atoms with Crippen molar-refractivity contribution in [1.82, 2.24) is 19.7 Å². The number of rotatable bonds is 3. The monoisotopic (exact) mass is 230 g/mol. The lowest BCUT2D eigenvalue weighted by Gasteiger charge is -2.02. The zero-order chi connectivity index (χ0) is 12.3. The van der Waals surface area contributed by atoms with Gasteiger partial charge >= 0.3 is 0 Å². The average molecular weight is 230 g/mol. The highest BCUT2D eigenvalue weighted by atomic mass is 15.3. The van der Waals surface area contributed by atoms with Crippen LogP contribution in [0.5, 0.6) is 0 Å². The molecule has 0 fully saturated rings. The summed E-state index contributed by atoms with van der Waals surface area (Å²) in [5.74, 6) is 2.11. The normalized spacial score (nSPS) is 11.5. The first-order valence-electron chi connectivity index (χ1n) is 5.41. The number of azo groups is 1. The third-order valence-electron chi connectivity index (χ3n) is 2.10. The van der Waals surface area contributed by atoms with E-state index in [-0.39, 0.29) is 6.04 Å². The zero-order valence-corrected chi connectivity index (χ0v) is 10.1. The maximum Gasteiger partial charge on any atom is 0.196 e. The molecule has 0 aromatic carbocycles. The molecule has 2 heterocycles. The zero-order valence-electron chi connectivity index (χ0n) is 10.1. The predicted molar refractivity (Wildman–Crippen MR) is 63.5 cm³/mol. The molecule has 0 N–H and O–H groups in total. The van der Waals surface area contributed by atoms with Crippen LogP contribution >= 0.6 is 0 Å². The molecule has 0 unspecified atom stereocenters. The molecule has 0 saturated carbocycles. The van der Waals surface area contributed by atoms with Gasteiger partial charge in [-0.1, -0.05) is 0 Å². The van der Waals surface area contributed by atoms with Crippen LogP contribution in [-0.4, -0.2) is 25.8 Å². The van der Waals surface area contributed by atoms with Crippen molar-refractivity contribution in [2.75, 3.05) is 0 Å². The van der Waals surface area contributed by atoms with Gasteiger partial charge in [0, 0.05) is 12.4 Å². The lowest BCUT2D eigenvalue weighted by atomic mass is 10.4. The Morgan fingerprint density at radius 3 is 2.59 bits per heavy atom. The molecule has 6 heteroatoms. The number of hydrogen-bond donors (Lipinski definition) is 0. The van der Waals surface area contributed by atoms with Crippen LogP contribution in [0, 0.1) is 6.92 Å². The molecule has 0 radical (unpaired) electrons. The van der Waals surface area contributed by atoms with Crippen LogP contribution in [0.2, 0.25) is 0 Å². The van der Waals surface area contributed by atoms with E-state index >= 15 is 0 Å². The first-order chi connectivity index (χ1) is 8.16. The van der Waals surface area contributed by atoms with Crippen LogP contribution in [0.4, 0.5) is 5.82 Å². The van der Waals surface area contributed by atoms with Gasteiger partial charge in [0.15, 0.2) is 11.6 Å². The Morgan fingerprint density at radius 1 is 1.24 bits per heavy atom. The van der Waals surface area contributed by atoms with Crippen molar-refractivity contribution < 1.29 is 0 Å². The first-order valence-corrected chi connectivity index (χ1v) is 5.41. The fourth-order valence-electron chi connectivity index (χ4n) is 1.29. The molecule has 88 valence electrons. The van der Waals surface area contributed by atoms with Gasteiger partial charge in [0.25, 0.3) is 0 Å². The Kier molecular flexibility index (Phi) is 3.22. The standard InChI is InChI=1S/C11H14N6/c1-8(2)13-14-10-4-5-11(16-15-10)17-7-6-12-9(17)3/h4-8H,1-3H3. The Hall–Kier alpha value is -2.11. The quantitative estimate of drug-likeness (QED) is 0.760. The summed E-state index contributed by atoms with van der Waals surface area (Å²) in [6.45, 7) is 5.83. The van der Waals surface area contributed by atoms with Crippen molar-refractivity contribution in [2.24, 2.45) is 10.2 Å². The maximum absolute atomic E-state index is 4.13. The molecule has 0 aliphatic carbocycles. The Morgan fingerprint density at radius 2 is 2.06 bits per heavy atom. The van der Waals surface area contributed by atoms with Crippen molar-refractivity contribution in [1.29, 1.82) is 0 Å². The summed E-state index contributed by atoms with van der Waals surface area (Å²) in [5.41, 5.74) is 0. The fraction of sp³-hybridized carbons (Fsp3) is 0.364. The third kappa shape index (κ3) is 2.72. The molecule has 6 nitrogen and oxygen atoms in total. The minimum atomic E-state index is 0.160. The topological polar surface area (TPSA) is 68.3 Å². The molecule has 17 heavy (non-hydrogen) atoms. The summed E-state index contributed by atoms with van der Waals surface area (Å²) < 4.78 is 1.86. The first kappa shape index (κ1) is 11.4. The van der Waals surface area contributed by atoms with Crippen molar-refractivity contribution in [3.8, 4) is 5.82 Å². The average Bonchev–Trinajstić information content (AvgIpc) is 2.73. The SMILES string of the molecule is Cc1nccn1-c1ccc(N=NC(C)C)nn1. The van der Waals surface area contributed by atoms with E-state index in [1.165, 1.54) is 0 Å². The molecule has 2 aromatic heterocycles. The van der Waals surface area contributed by atoms with E-state index in [1.807, 2.05) is 37.6 Å². The molecule has 2 aromatic rings. The number of aryl methyl sites for hydroxylation is 1. The molecule has 0 bridgehead atoms. The van der Waals surface area contributed by atoms with E-state index in [0.717, 1.165) is 11.6 Å². The lowest BCUT2D eigenvalue weighted by molar-refractivity contribution is 0.769. The summed E-state index contributed by atoms with van der Waals surface area (Å²) in [7, 11) is 0. The Bertz CT molecular complexity index is 511. The highest BCUT2D eigenvalue weighted by Crippen LogP contribution is 2.11. The summed E-state index contributed by atoms with van der Waals surface area (Å²) in [5, 5.41) is 16.1. The van der Waals surface area contributed by atoms with Crippen molar-refractivity contribution in [2.45, 2.75) is 26.8 Å². The van der Waals surface area contributed by atoms with Gasteiger partial charge in [-0.3, -0.25) is 4.57 Å². The molecule has 2 rings (SSSR count). The van der Waals surface area contributed by atoms with Crippen LogP contribution in [0.3, 0.4) is 0 Å². The molecule has 0 spiro atoms. The van der Waals surface area contributed by atoms with Gasteiger partial charge < -0.3 is 0 Å². The molecule has 0 aliphatic rings. The summed E-state index contributed by atoms with van der Waals surface area (Å²) in [6.07, 6.45) is 3.57. The lowest BCUT2D eigenvalue weighted by Crippen LogP contribution is -1.99. The summed E-state index contributed by atoms with van der Waals surface area (Å²) in [6, 6.07) is 3.79. The van der Waals surface area contributed by atoms with Crippen LogP contribution in [0.1, 0.15) is 19.7 Å². The largest absolute Gasteiger partial charge is 0.287 e. The van der Waals surface area contributed by atoms with E-state index in [1.54, 1.807) is 12.3 Å². The second kappa shape index (κ2) is 4.82. The molecular formula is C11H14N6. The van der Waals surface area contributed by atoms with E-state index in [9.17, 15) is 0 Å². The smallest absolute Gasteiger partial charge is 0.196 e. The molecule has 0 atom stereocenters. The van der Waals surface area contributed by atoms with E-state index < -0.39 is 0 Å². The van der Waals surface area contributed by atoms with Crippen molar-refractivity contribution in [3.05, 3.63) is 30.4 Å². The van der Waals surface area contributed by atoms with Crippen molar-refractivity contribution >= 4 is 5.82 Å². The van der Waals surface area contributed by atoms with Gasteiger partial charge in [0.2, 0.25) is 0 Å². The minimum absolute atomic E-state index is 0.160. The van der Waals surface area contributed by atoms with Crippen molar-refractivity contribution in [3.63, 3.8) is 0 Å². The second-order valence-electron chi connectivity index (χ2n) is 3.90. The van der Waals surface area contributed by atoms with Crippen LogP contribution < -0.4 is 0 Å². The molecule has 0 saturated heterocycles. The molecule has 0 aliphatic heterocycles. The highest BCUT2D eigenvalue weighted by Gasteiger charge is 2.02. The van der Waals surface area contributed by atoms with Crippen LogP contribution in [-0.2, 0) is 0 Å². The van der Waals surface area contributed by atoms with Gasteiger partial charge in [-0.2, -0.15) is 5.11 Å². The number of aromatic nitrogens is 4. The van der Waals surface area contributed by atoms with Gasteiger partial charge in [-0.25, -0.2) is 4.98 Å². The minimum Gasteiger partial charge on any atom is -0.287 e. The predicted octanol–water partition coefficient (Wildman–Crippen LogP) is 2.46. The maximum atomic E-state index is 4.13. The van der Waals surface area contributed by atoms with E-state index in [4.69, 9.17) is 0 Å². The van der Waals surface area contributed by atoms with Gasteiger partial charge in [0.1, 0.15) is 5.82 Å². The number of hydrogen-bond acceptors (Lipinski definition) is 5. The summed E-state index contributed by atoms with van der Waals surface area (Å²) in [4.78, 5) is 4.13. The van der Waals surface area contributed by atoms with Crippen LogP contribution in [0.25, 0.3) is 5.82 Å². The van der Waals surface area contributed by atoms with Gasteiger partial charge in [-0.15, -0.1) is 15.3 Å². The molecule has 0 amide bonds. The fourth-order valence-corrected chi connectivity index (χ4v) is 1.29. The molecular weight excluding hydrogens is 216 g/mol. The van der Waals surface area contributed by atoms with E-state index in [0.29, 0.717) is 5.82 Å². The van der Waals surface area contributed by atoms with Gasteiger partial charge in [0.05, 0.1) is 6.04 Å². The highest BCUT2D eigenvalue weighted by molar-refractivity contribution is 5.31. The third-order valence-corrected chi connectivity index (χ3v) is 2.10. The Labute approximate surface area is 99.4 Å². The van der Waals surface area contributed by atoms with E-state index in [2.05, 4.69) is 25.4 Å². The summed E-state index contributed by atoms with van der Waals surface area (Å²) >= 11 is 0. The number of nitrogens with zero attached hydrogens (tertiary/aromatic N) is 6. The van der Waals surface area contributed by atoms with Gasteiger partial charge in [-0.05, 0) is 32.9 Å². The second-order valence-corrected chi connectivity index (χ2v) is 3.90. The number of imidazole rings is 1. The van der Waals surface area contributed by atoms with Crippen LogP contribution in [0.15, 0.2) is 34.8 Å².